The molecule has 2 aromatic carbocycles. The van der Waals surface area contributed by atoms with Gasteiger partial charge in [-0.25, -0.2) is 8.42 Å². The minimum absolute atomic E-state index is 0.290. The number of nitrogens with zero attached hydrogens (tertiary/aromatic N) is 1. The van der Waals surface area contributed by atoms with E-state index in [0.29, 0.717) is 5.69 Å². The Morgan fingerprint density at radius 2 is 1.50 bits per heavy atom. The predicted molar refractivity (Wildman–Crippen MR) is 85.6 cm³/mol. The minimum Gasteiger partial charge on any atom is -0.268 e. The van der Waals surface area contributed by atoms with Crippen LogP contribution in [0.2, 0.25) is 0 Å². The van der Waals surface area contributed by atoms with E-state index in [2.05, 4.69) is 15.9 Å². The number of aryl methyl sites for hydroxylation is 2. The van der Waals surface area contributed by atoms with Crippen molar-refractivity contribution in [2.24, 2.45) is 0 Å². The fourth-order valence-corrected chi connectivity index (χ4v) is 3.96. The van der Waals surface area contributed by atoms with Crippen molar-refractivity contribution >= 4 is 31.6 Å². The summed E-state index contributed by atoms with van der Waals surface area (Å²) in [6.45, 7) is 3.89. The first-order valence-corrected chi connectivity index (χ1v) is 8.37. The van der Waals surface area contributed by atoms with Crippen molar-refractivity contribution in [2.45, 2.75) is 18.7 Å². The molecule has 0 aliphatic rings. The molecule has 0 unspecified atom stereocenters. The molecular formula is C15H16BrNO2S. The van der Waals surface area contributed by atoms with Crippen molar-refractivity contribution in [3.8, 4) is 0 Å². The number of benzene rings is 2. The smallest absolute Gasteiger partial charge is 0.264 e. The van der Waals surface area contributed by atoms with Crippen molar-refractivity contribution in [1.29, 1.82) is 0 Å². The highest BCUT2D eigenvalue weighted by molar-refractivity contribution is 9.10. The molecule has 0 N–H and O–H groups in total. The van der Waals surface area contributed by atoms with E-state index in [9.17, 15) is 8.42 Å². The molecule has 0 saturated heterocycles. The van der Waals surface area contributed by atoms with Crippen LogP contribution in [-0.4, -0.2) is 15.5 Å². The molecule has 0 spiro atoms. The highest BCUT2D eigenvalue weighted by Gasteiger charge is 2.22. The summed E-state index contributed by atoms with van der Waals surface area (Å²) in [6, 6.07) is 12.4. The van der Waals surface area contributed by atoms with Gasteiger partial charge in [0, 0.05) is 11.5 Å². The van der Waals surface area contributed by atoms with Gasteiger partial charge in [-0.15, -0.1) is 0 Å². The van der Waals surface area contributed by atoms with Crippen molar-refractivity contribution in [1.82, 2.24) is 0 Å². The van der Waals surface area contributed by atoms with Crippen molar-refractivity contribution in [3.05, 3.63) is 58.1 Å². The molecule has 5 heteroatoms. The number of anilines is 1. The molecule has 0 bridgehead atoms. The molecule has 20 heavy (non-hydrogen) atoms. The lowest BCUT2D eigenvalue weighted by molar-refractivity contribution is 0.594. The summed E-state index contributed by atoms with van der Waals surface area (Å²) in [4.78, 5) is 0.290. The highest BCUT2D eigenvalue weighted by Crippen LogP contribution is 2.30. The molecule has 0 saturated carbocycles. The van der Waals surface area contributed by atoms with Crippen LogP contribution in [-0.2, 0) is 10.0 Å². The van der Waals surface area contributed by atoms with E-state index in [4.69, 9.17) is 0 Å². The molecule has 0 aromatic heterocycles. The summed E-state index contributed by atoms with van der Waals surface area (Å²) < 4.78 is 27.2. The van der Waals surface area contributed by atoms with E-state index < -0.39 is 10.0 Å². The minimum atomic E-state index is -3.54. The second-order valence-corrected chi connectivity index (χ2v) is 7.56. The van der Waals surface area contributed by atoms with Gasteiger partial charge in [-0.3, -0.25) is 4.31 Å². The maximum absolute atomic E-state index is 12.6. The van der Waals surface area contributed by atoms with Crippen LogP contribution in [0, 0.1) is 13.8 Å². The Bertz CT molecular complexity index is 724. The first kappa shape index (κ1) is 15.1. The zero-order chi connectivity index (χ0) is 14.9. The molecule has 0 radical (unpaired) electrons. The maximum atomic E-state index is 12.6. The van der Waals surface area contributed by atoms with Crippen LogP contribution in [0.4, 0.5) is 5.69 Å². The summed E-state index contributed by atoms with van der Waals surface area (Å²) in [7, 11) is -1.98. The molecule has 106 valence electrons. The van der Waals surface area contributed by atoms with E-state index in [-0.39, 0.29) is 4.90 Å². The van der Waals surface area contributed by atoms with Gasteiger partial charge in [-0.1, -0.05) is 23.8 Å². The zero-order valence-corrected chi connectivity index (χ0v) is 14.0. The van der Waals surface area contributed by atoms with Crippen molar-refractivity contribution < 1.29 is 8.42 Å². The molecule has 2 aromatic rings. The Hall–Kier alpha value is -1.33. The SMILES string of the molecule is Cc1ccc(S(=O)(=O)N(C)c2ccc(C)cc2Br)cc1. The monoisotopic (exact) mass is 353 g/mol. The molecular weight excluding hydrogens is 338 g/mol. The van der Waals surface area contributed by atoms with Crippen LogP contribution in [0.15, 0.2) is 51.8 Å². The second kappa shape index (κ2) is 5.58. The Morgan fingerprint density at radius 1 is 0.950 bits per heavy atom. The van der Waals surface area contributed by atoms with Crippen LogP contribution < -0.4 is 4.31 Å². The molecule has 0 fully saturated rings. The predicted octanol–water partition coefficient (Wildman–Crippen LogP) is 3.89. The van der Waals surface area contributed by atoms with Crippen molar-refractivity contribution in [2.75, 3.05) is 11.4 Å². The van der Waals surface area contributed by atoms with Gasteiger partial charge in [0.2, 0.25) is 0 Å². The number of hydrogen-bond acceptors (Lipinski definition) is 2. The van der Waals surface area contributed by atoms with E-state index in [1.165, 1.54) is 4.31 Å². The molecule has 3 nitrogen and oxygen atoms in total. The summed E-state index contributed by atoms with van der Waals surface area (Å²) in [5.41, 5.74) is 2.72. The average molecular weight is 354 g/mol. The van der Waals surface area contributed by atoms with Crippen molar-refractivity contribution in [3.63, 3.8) is 0 Å². The first-order valence-electron chi connectivity index (χ1n) is 6.14. The Labute approximate surface area is 128 Å². The standard InChI is InChI=1S/C15H16BrNO2S/c1-11-4-7-13(8-5-11)20(18,19)17(3)15-9-6-12(2)10-14(15)16/h4-10H,1-3H3. The van der Waals surface area contributed by atoms with Gasteiger partial charge < -0.3 is 0 Å². The van der Waals surface area contributed by atoms with E-state index in [1.54, 1.807) is 37.4 Å². The molecule has 0 aliphatic carbocycles. The lowest BCUT2D eigenvalue weighted by Crippen LogP contribution is -2.26. The Kier molecular flexibility index (Phi) is 4.20. The quantitative estimate of drug-likeness (QED) is 0.839. The Balaban J connectivity index is 2.45. The highest BCUT2D eigenvalue weighted by atomic mass is 79.9. The van der Waals surface area contributed by atoms with Crippen LogP contribution in [0.25, 0.3) is 0 Å². The topological polar surface area (TPSA) is 37.4 Å². The van der Waals surface area contributed by atoms with Gasteiger partial charge in [-0.2, -0.15) is 0 Å². The molecule has 0 heterocycles. The molecule has 0 aliphatic heterocycles. The van der Waals surface area contributed by atoms with E-state index >= 15 is 0 Å². The number of rotatable bonds is 3. The third kappa shape index (κ3) is 2.88. The fourth-order valence-electron chi connectivity index (χ4n) is 1.87. The summed E-state index contributed by atoms with van der Waals surface area (Å²) in [5.74, 6) is 0. The van der Waals surface area contributed by atoms with E-state index in [1.807, 2.05) is 26.0 Å². The van der Waals surface area contributed by atoms with Gasteiger partial charge >= 0.3 is 0 Å². The molecule has 2 rings (SSSR count). The Morgan fingerprint density at radius 3 is 2.05 bits per heavy atom. The van der Waals surface area contributed by atoms with Gasteiger partial charge in [-0.05, 0) is 59.6 Å². The molecule has 0 atom stereocenters. The van der Waals surface area contributed by atoms with Crippen LogP contribution in [0.3, 0.4) is 0 Å². The normalized spacial score (nSPS) is 11.4. The lowest BCUT2D eigenvalue weighted by atomic mass is 10.2. The third-order valence-corrected chi connectivity index (χ3v) is 5.54. The third-order valence-electron chi connectivity index (χ3n) is 3.12. The average Bonchev–Trinajstić information content (AvgIpc) is 2.38. The summed E-state index contributed by atoms with van der Waals surface area (Å²) in [6.07, 6.45) is 0. The maximum Gasteiger partial charge on any atom is 0.264 e. The van der Waals surface area contributed by atoms with Gasteiger partial charge in [0.15, 0.2) is 0 Å². The van der Waals surface area contributed by atoms with Gasteiger partial charge in [0.1, 0.15) is 0 Å². The van der Waals surface area contributed by atoms with E-state index in [0.717, 1.165) is 15.6 Å². The fraction of sp³-hybridized carbons (Fsp3) is 0.200. The first-order chi connectivity index (χ1) is 9.32. The van der Waals surface area contributed by atoms with Gasteiger partial charge in [0.25, 0.3) is 10.0 Å². The lowest BCUT2D eigenvalue weighted by Gasteiger charge is -2.21. The van der Waals surface area contributed by atoms with Crippen LogP contribution >= 0.6 is 15.9 Å². The number of sulfonamides is 1. The number of hydrogen-bond donors (Lipinski definition) is 0. The summed E-state index contributed by atoms with van der Waals surface area (Å²) >= 11 is 3.42. The van der Waals surface area contributed by atoms with Crippen LogP contribution in [0.1, 0.15) is 11.1 Å². The molecule has 0 amide bonds. The second-order valence-electron chi connectivity index (χ2n) is 4.74. The zero-order valence-electron chi connectivity index (χ0n) is 11.6. The summed E-state index contributed by atoms with van der Waals surface area (Å²) in [5, 5.41) is 0. The largest absolute Gasteiger partial charge is 0.268 e. The van der Waals surface area contributed by atoms with Crippen LogP contribution in [0.5, 0.6) is 0 Å². The number of halogens is 1. The van der Waals surface area contributed by atoms with Gasteiger partial charge in [0.05, 0.1) is 10.6 Å².